The fraction of sp³-hybridized carbons (Fsp3) is 0.652. The molecular formula is C23H34N4O2. The number of nitrogens with one attached hydrogen (secondary N) is 1. The number of nitrogens with zero attached hydrogens (tertiary/aromatic N) is 3. The van der Waals surface area contributed by atoms with Gasteiger partial charge in [0.15, 0.2) is 0 Å². The molecule has 3 fully saturated rings. The summed E-state index contributed by atoms with van der Waals surface area (Å²) in [5.41, 5.74) is 1.84. The molecule has 0 spiro atoms. The molecule has 2 aliphatic heterocycles. The second kappa shape index (κ2) is 9.16. The molecule has 0 bridgehead atoms. The molecular weight excluding hydrogens is 364 g/mol. The smallest absolute Gasteiger partial charge is 0.251 e. The van der Waals surface area contributed by atoms with Gasteiger partial charge in [0.2, 0.25) is 5.91 Å². The Morgan fingerprint density at radius 3 is 2.24 bits per heavy atom. The predicted molar refractivity (Wildman–Crippen MR) is 115 cm³/mol. The van der Waals surface area contributed by atoms with Crippen LogP contribution in [0.1, 0.15) is 49.4 Å². The first-order chi connectivity index (χ1) is 14.1. The van der Waals surface area contributed by atoms with Crippen molar-refractivity contribution in [1.82, 2.24) is 15.1 Å². The molecule has 6 nitrogen and oxygen atoms in total. The molecule has 1 aromatic rings. The Hall–Kier alpha value is -2.08. The van der Waals surface area contributed by atoms with Crippen molar-refractivity contribution in [3.05, 3.63) is 29.8 Å². The summed E-state index contributed by atoms with van der Waals surface area (Å²) in [6.45, 7) is 8.49. The third kappa shape index (κ3) is 5.10. The van der Waals surface area contributed by atoms with Crippen molar-refractivity contribution in [2.24, 2.45) is 5.92 Å². The summed E-state index contributed by atoms with van der Waals surface area (Å²) >= 11 is 0. The molecule has 29 heavy (non-hydrogen) atoms. The summed E-state index contributed by atoms with van der Waals surface area (Å²) in [6, 6.07) is 8.27. The first-order valence-electron chi connectivity index (χ1n) is 11.3. The number of anilines is 1. The molecule has 3 aliphatic rings. The molecule has 0 radical (unpaired) electrons. The van der Waals surface area contributed by atoms with Gasteiger partial charge in [-0.3, -0.25) is 14.5 Å². The first-order valence-corrected chi connectivity index (χ1v) is 11.3. The number of carbonyl (C=O) groups excluding carboxylic acids is 2. The van der Waals surface area contributed by atoms with Crippen molar-refractivity contribution >= 4 is 17.5 Å². The van der Waals surface area contributed by atoms with Crippen LogP contribution in [0.25, 0.3) is 0 Å². The van der Waals surface area contributed by atoms with Gasteiger partial charge in [-0.2, -0.15) is 0 Å². The zero-order chi connectivity index (χ0) is 20.2. The van der Waals surface area contributed by atoms with Gasteiger partial charge in [-0.05, 0) is 70.0 Å². The number of carbonyl (C=O) groups is 2. The minimum Gasteiger partial charge on any atom is -0.368 e. The maximum absolute atomic E-state index is 12.5. The molecule has 1 saturated carbocycles. The number of amides is 2. The Balaban J connectivity index is 1.24. The second-order valence-electron chi connectivity index (χ2n) is 8.79. The van der Waals surface area contributed by atoms with Gasteiger partial charge < -0.3 is 15.1 Å². The number of hydrogen-bond donors (Lipinski definition) is 1. The fourth-order valence-electron chi connectivity index (χ4n) is 4.43. The van der Waals surface area contributed by atoms with Gasteiger partial charge in [0, 0.05) is 55.9 Å². The highest BCUT2D eigenvalue weighted by atomic mass is 16.2. The van der Waals surface area contributed by atoms with Crippen LogP contribution in [0.2, 0.25) is 0 Å². The quantitative estimate of drug-likeness (QED) is 0.799. The van der Waals surface area contributed by atoms with Gasteiger partial charge >= 0.3 is 0 Å². The Morgan fingerprint density at radius 2 is 1.62 bits per heavy atom. The number of benzene rings is 1. The standard InChI is InChI=1S/C23H34N4O2/c1-18(25-11-3-2-4-12-25)17-24-22(28)19-7-9-21(10-8-19)26-13-15-27(16-14-26)23(29)20-5-6-20/h7-10,18,20H,2-6,11-17H2,1H3,(H,24,28). The molecule has 1 aliphatic carbocycles. The van der Waals surface area contributed by atoms with Gasteiger partial charge in [0.05, 0.1) is 0 Å². The van der Waals surface area contributed by atoms with E-state index in [9.17, 15) is 9.59 Å². The summed E-state index contributed by atoms with van der Waals surface area (Å²) < 4.78 is 0. The number of hydrogen-bond acceptors (Lipinski definition) is 4. The SMILES string of the molecule is CC(CNC(=O)c1ccc(N2CCN(C(=O)C3CC3)CC2)cc1)N1CCCCC1. The summed E-state index contributed by atoms with van der Waals surface area (Å²) in [5, 5.41) is 3.09. The molecule has 1 N–H and O–H groups in total. The van der Waals surface area contributed by atoms with Crippen molar-refractivity contribution in [1.29, 1.82) is 0 Å². The number of piperidine rings is 1. The number of rotatable bonds is 6. The molecule has 0 aromatic heterocycles. The monoisotopic (exact) mass is 398 g/mol. The van der Waals surface area contributed by atoms with E-state index in [-0.39, 0.29) is 5.91 Å². The summed E-state index contributed by atoms with van der Waals surface area (Å²) in [5.74, 6) is 0.646. The Labute approximate surface area is 174 Å². The highest BCUT2D eigenvalue weighted by molar-refractivity contribution is 5.94. The van der Waals surface area contributed by atoms with Gasteiger partial charge in [0.1, 0.15) is 0 Å². The van der Waals surface area contributed by atoms with Crippen molar-refractivity contribution in [2.45, 2.75) is 45.1 Å². The van der Waals surface area contributed by atoms with Crippen LogP contribution in [0, 0.1) is 5.92 Å². The average Bonchev–Trinajstić information content (AvgIpc) is 3.63. The Morgan fingerprint density at radius 1 is 0.966 bits per heavy atom. The third-order valence-corrected chi connectivity index (χ3v) is 6.58. The van der Waals surface area contributed by atoms with Crippen LogP contribution in [0.3, 0.4) is 0 Å². The lowest BCUT2D eigenvalue weighted by Gasteiger charge is -2.36. The first kappa shape index (κ1) is 20.2. The number of piperazine rings is 1. The average molecular weight is 399 g/mol. The third-order valence-electron chi connectivity index (χ3n) is 6.58. The van der Waals surface area contributed by atoms with Crippen molar-refractivity contribution in [3.8, 4) is 0 Å². The van der Waals surface area contributed by atoms with E-state index >= 15 is 0 Å². The summed E-state index contributed by atoms with van der Waals surface area (Å²) in [6.07, 6.45) is 6.00. The van der Waals surface area contributed by atoms with Crippen molar-refractivity contribution in [3.63, 3.8) is 0 Å². The van der Waals surface area contributed by atoms with E-state index in [4.69, 9.17) is 0 Å². The van der Waals surface area contributed by atoms with E-state index < -0.39 is 0 Å². The predicted octanol–water partition coefficient (Wildman–Crippen LogP) is 2.35. The molecule has 2 amide bonds. The van der Waals surface area contributed by atoms with Crippen LogP contribution >= 0.6 is 0 Å². The number of likely N-dealkylation sites (tertiary alicyclic amines) is 1. The van der Waals surface area contributed by atoms with Crippen LogP contribution in [0.4, 0.5) is 5.69 Å². The maximum atomic E-state index is 12.5. The lowest BCUT2D eigenvalue weighted by atomic mass is 10.1. The summed E-state index contributed by atoms with van der Waals surface area (Å²) in [7, 11) is 0. The Bertz CT molecular complexity index is 702. The molecule has 1 aromatic carbocycles. The molecule has 1 unspecified atom stereocenters. The highest BCUT2D eigenvalue weighted by Crippen LogP contribution is 2.31. The van der Waals surface area contributed by atoms with Crippen molar-refractivity contribution in [2.75, 3.05) is 50.7 Å². The molecule has 2 heterocycles. The van der Waals surface area contributed by atoms with Crippen LogP contribution in [0.5, 0.6) is 0 Å². The Kier molecular flexibility index (Phi) is 6.38. The lowest BCUT2D eigenvalue weighted by molar-refractivity contribution is -0.132. The van der Waals surface area contributed by atoms with Gasteiger partial charge in [0.25, 0.3) is 5.91 Å². The maximum Gasteiger partial charge on any atom is 0.251 e. The van der Waals surface area contributed by atoms with E-state index in [0.717, 1.165) is 57.8 Å². The minimum atomic E-state index is 0.000240. The van der Waals surface area contributed by atoms with Gasteiger partial charge in [-0.15, -0.1) is 0 Å². The van der Waals surface area contributed by atoms with Crippen LogP contribution in [0.15, 0.2) is 24.3 Å². The molecule has 2 saturated heterocycles. The van der Waals surface area contributed by atoms with Crippen LogP contribution in [-0.4, -0.2) is 73.5 Å². The zero-order valence-corrected chi connectivity index (χ0v) is 17.6. The second-order valence-corrected chi connectivity index (χ2v) is 8.79. The normalized spacial score (nSPS) is 21.7. The molecule has 1 atom stereocenters. The van der Waals surface area contributed by atoms with E-state index in [2.05, 4.69) is 22.0 Å². The van der Waals surface area contributed by atoms with Gasteiger partial charge in [-0.25, -0.2) is 0 Å². The lowest BCUT2D eigenvalue weighted by Crippen LogP contribution is -2.49. The molecule has 4 rings (SSSR count). The van der Waals surface area contributed by atoms with Crippen LogP contribution in [-0.2, 0) is 4.79 Å². The zero-order valence-electron chi connectivity index (χ0n) is 17.6. The largest absolute Gasteiger partial charge is 0.368 e. The fourth-order valence-corrected chi connectivity index (χ4v) is 4.43. The highest BCUT2D eigenvalue weighted by Gasteiger charge is 2.34. The topological polar surface area (TPSA) is 55.9 Å². The summed E-state index contributed by atoms with van der Waals surface area (Å²) in [4.78, 5) is 31.5. The van der Waals surface area contributed by atoms with E-state index in [1.165, 1.54) is 19.3 Å². The van der Waals surface area contributed by atoms with Crippen molar-refractivity contribution < 1.29 is 9.59 Å². The molecule has 158 valence electrons. The van der Waals surface area contributed by atoms with Gasteiger partial charge in [-0.1, -0.05) is 6.42 Å². The molecule has 6 heteroatoms. The van der Waals surface area contributed by atoms with E-state index in [1.54, 1.807) is 0 Å². The van der Waals surface area contributed by atoms with Crippen LogP contribution < -0.4 is 10.2 Å². The minimum absolute atomic E-state index is 0.000240. The van der Waals surface area contributed by atoms with E-state index in [0.29, 0.717) is 30.0 Å². The van der Waals surface area contributed by atoms with E-state index in [1.807, 2.05) is 29.2 Å².